The lowest BCUT2D eigenvalue weighted by Gasteiger charge is -2.10. The Morgan fingerprint density at radius 1 is 0.300 bits per heavy atom. The third-order valence-electron chi connectivity index (χ3n) is 9.38. The molecule has 0 aliphatic heterocycles. The fourth-order valence-corrected chi connectivity index (χ4v) is 9.46. The van der Waals surface area contributed by atoms with Crippen LogP contribution in [0.3, 0.4) is 0 Å². The summed E-state index contributed by atoms with van der Waals surface area (Å²) in [6.07, 6.45) is 0. The van der Waals surface area contributed by atoms with Gasteiger partial charge in [0, 0.05) is 62.6 Å². The predicted molar refractivity (Wildman–Crippen MR) is 213 cm³/mol. The van der Waals surface area contributed by atoms with E-state index in [1.807, 2.05) is 46.9 Å². The molecule has 0 radical (unpaired) electrons. The second kappa shape index (κ2) is 11.8. The first-order valence-corrected chi connectivity index (χ1v) is 18.2. The Hall–Kier alpha value is -6.01. The lowest BCUT2D eigenvalue weighted by molar-refractivity contribution is 1.08. The van der Waals surface area contributed by atoms with Crippen LogP contribution < -0.4 is 0 Å². The van der Waals surface area contributed by atoms with E-state index in [-0.39, 0.29) is 0 Å². The first-order chi connectivity index (χ1) is 24.8. The molecule has 7 aromatic carbocycles. The number of rotatable bonds is 5. The molecule has 50 heavy (non-hydrogen) atoms. The molecule has 0 N–H and O–H groups in total. The van der Waals surface area contributed by atoms with Crippen LogP contribution in [-0.2, 0) is 0 Å². The van der Waals surface area contributed by atoms with E-state index in [1.54, 1.807) is 0 Å². The van der Waals surface area contributed by atoms with Crippen molar-refractivity contribution in [3.05, 3.63) is 164 Å². The van der Waals surface area contributed by atoms with Crippen LogP contribution in [0.15, 0.2) is 164 Å². The van der Waals surface area contributed by atoms with Gasteiger partial charge in [-0.25, -0.2) is 15.0 Å². The van der Waals surface area contributed by atoms with Crippen LogP contribution in [0.25, 0.3) is 96.8 Å². The lowest BCUT2D eigenvalue weighted by Crippen LogP contribution is -2.00. The van der Waals surface area contributed by atoms with Crippen LogP contribution in [-0.4, -0.2) is 15.0 Å². The Morgan fingerprint density at radius 3 is 1.56 bits per heavy atom. The van der Waals surface area contributed by atoms with Gasteiger partial charge >= 0.3 is 0 Å². The average molecular weight is 674 g/mol. The van der Waals surface area contributed by atoms with Crippen LogP contribution in [0, 0.1) is 0 Å². The highest BCUT2D eigenvalue weighted by atomic mass is 32.1. The first-order valence-electron chi connectivity index (χ1n) is 16.6. The van der Waals surface area contributed by atoms with Gasteiger partial charge in [-0.3, -0.25) is 0 Å². The summed E-state index contributed by atoms with van der Waals surface area (Å²) >= 11 is 3.68. The van der Waals surface area contributed by atoms with E-state index >= 15 is 0 Å². The van der Waals surface area contributed by atoms with Crippen molar-refractivity contribution in [1.82, 2.24) is 15.0 Å². The number of thiophene rings is 2. The minimum atomic E-state index is 0.656. The maximum atomic E-state index is 5.15. The molecule has 0 fully saturated rings. The van der Waals surface area contributed by atoms with Gasteiger partial charge in [0.1, 0.15) is 0 Å². The van der Waals surface area contributed by atoms with E-state index in [1.165, 1.54) is 57.0 Å². The molecule has 234 valence electrons. The molecule has 0 saturated carbocycles. The molecule has 0 atom stereocenters. The molecule has 0 bridgehead atoms. The first kappa shape index (κ1) is 29.0. The van der Waals surface area contributed by atoms with Crippen molar-refractivity contribution >= 4 is 63.0 Å². The molecule has 5 heteroatoms. The molecule has 0 aliphatic rings. The highest BCUT2D eigenvalue weighted by Crippen LogP contribution is 2.47. The van der Waals surface area contributed by atoms with E-state index in [2.05, 4.69) is 140 Å². The molecule has 0 amide bonds. The van der Waals surface area contributed by atoms with Gasteiger partial charge in [-0.1, -0.05) is 146 Å². The second-order valence-corrected chi connectivity index (χ2v) is 14.5. The lowest BCUT2D eigenvalue weighted by atomic mass is 9.97. The predicted octanol–water partition coefficient (Wildman–Crippen LogP) is 12.9. The van der Waals surface area contributed by atoms with Gasteiger partial charge in [0.15, 0.2) is 17.5 Å². The Labute approximate surface area is 296 Å². The Kier molecular flexibility index (Phi) is 6.86. The third-order valence-corrected chi connectivity index (χ3v) is 11.8. The van der Waals surface area contributed by atoms with Crippen molar-refractivity contribution in [1.29, 1.82) is 0 Å². The van der Waals surface area contributed by atoms with Gasteiger partial charge < -0.3 is 0 Å². The smallest absolute Gasteiger partial charge is 0.165 e. The molecular formula is C45H27N3S2. The minimum absolute atomic E-state index is 0.656. The van der Waals surface area contributed by atoms with E-state index in [0.29, 0.717) is 17.5 Å². The number of benzene rings is 7. The summed E-state index contributed by atoms with van der Waals surface area (Å²) in [4.78, 5) is 15.3. The van der Waals surface area contributed by atoms with Crippen LogP contribution in [0.2, 0.25) is 0 Å². The molecule has 0 spiro atoms. The number of nitrogens with zero attached hydrogens (tertiary/aromatic N) is 3. The van der Waals surface area contributed by atoms with Crippen molar-refractivity contribution in [2.45, 2.75) is 0 Å². The highest BCUT2D eigenvalue weighted by molar-refractivity contribution is 7.27. The summed E-state index contributed by atoms with van der Waals surface area (Å²) in [5.74, 6) is 1.99. The summed E-state index contributed by atoms with van der Waals surface area (Å²) in [5, 5.41) is 5.11. The number of hydrogen-bond donors (Lipinski definition) is 0. The molecule has 3 aromatic heterocycles. The van der Waals surface area contributed by atoms with Gasteiger partial charge in [-0.05, 0) is 34.9 Å². The number of aromatic nitrogens is 3. The van der Waals surface area contributed by atoms with Crippen molar-refractivity contribution in [3.63, 3.8) is 0 Å². The van der Waals surface area contributed by atoms with Crippen molar-refractivity contribution in [2.24, 2.45) is 0 Å². The molecule has 10 aromatic rings. The van der Waals surface area contributed by atoms with Gasteiger partial charge in [-0.2, -0.15) is 0 Å². The van der Waals surface area contributed by atoms with Gasteiger partial charge in [0.2, 0.25) is 0 Å². The zero-order valence-corrected chi connectivity index (χ0v) is 28.4. The average Bonchev–Trinajstić information content (AvgIpc) is 3.77. The summed E-state index contributed by atoms with van der Waals surface area (Å²) in [6.45, 7) is 0. The van der Waals surface area contributed by atoms with Gasteiger partial charge in [0.05, 0.1) is 0 Å². The highest BCUT2D eigenvalue weighted by Gasteiger charge is 2.19. The van der Waals surface area contributed by atoms with Crippen LogP contribution in [0.5, 0.6) is 0 Å². The van der Waals surface area contributed by atoms with E-state index < -0.39 is 0 Å². The SMILES string of the molecule is c1ccc(-c2ccc(-c3nc(-c4ccccc4)nc(-c4cccc5c4sc4cccc(-c6cccc7c6sc6ccccc67)c45)n3)cc2)cc1. The molecule has 3 heterocycles. The largest absolute Gasteiger partial charge is 0.208 e. The van der Waals surface area contributed by atoms with Gasteiger partial charge in [0.25, 0.3) is 0 Å². The van der Waals surface area contributed by atoms with Crippen molar-refractivity contribution in [3.8, 4) is 56.4 Å². The number of hydrogen-bond acceptors (Lipinski definition) is 5. The summed E-state index contributed by atoms with van der Waals surface area (Å²) < 4.78 is 5.06. The molecular weight excluding hydrogens is 647 g/mol. The fraction of sp³-hybridized carbons (Fsp3) is 0. The quantitative estimate of drug-likeness (QED) is 0.182. The molecule has 3 nitrogen and oxygen atoms in total. The van der Waals surface area contributed by atoms with Gasteiger partial charge in [-0.15, -0.1) is 22.7 Å². The van der Waals surface area contributed by atoms with Crippen molar-refractivity contribution < 1.29 is 0 Å². The fourth-order valence-electron chi connectivity index (χ4n) is 6.99. The topological polar surface area (TPSA) is 38.7 Å². The maximum absolute atomic E-state index is 5.15. The van der Waals surface area contributed by atoms with Crippen LogP contribution in [0.4, 0.5) is 0 Å². The van der Waals surface area contributed by atoms with Crippen molar-refractivity contribution in [2.75, 3.05) is 0 Å². The van der Waals surface area contributed by atoms with E-state index in [0.717, 1.165) is 22.3 Å². The number of fused-ring (bicyclic) bond motifs is 6. The third kappa shape index (κ3) is 4.82. The van der Waals surface area contributed by atoms with E-state index in [9.17, 15) is 0 Å². The van der Waals surface area contributed by atoms with Crippen LogP contribution in [0.1, 0.15) is 0 Å². The minimum Gasteiger partial charge on any atom is -0.208 e. The summed E-state index contributed by atoms with van der Waals surface area (Å²) in [6, 6.07) is 57.8. The molecule has 0 aliphatic carbocycles. The monoisotopic (exact) mass is 673 g/mol. The normalized spacial score (nSPS) is 11.6. The van der Waals surface area contributed by atoms with E-state index in [4.69, 9.17) is 15.0 Å². The standard InChI is InChI=1S/C45H27N3S2/c1-3-12-28(13-4-1)29-24-26-31(27-25-29)44-46-43(30-14-5-2-6-15-30)47-45(48-44)37-21-10-20-36-40-33(17-11-23-39(40)50-42(36)37)35-19-9-18-34-32-16-7-8-22-38(32)49-41(34)35/h1-27H. The molecule has 10 rings (SSSR count). The zero-order chi connectivity index (χ0) is 33.0. The summed E-state index contributed by atoms with van der Waals surface area (Å²) in [7, 11) is 0. The summed E-state index contributed by atoms with van der Waals surface area (Å²) in [5.41, 5.74) is 7.78. The second-order valence-electron chi connectivity index (χ2n) is 12.4. The van der Waals surface area contributed by atoms with Crippen LogP contribution >= 0.6 is 22.7 Å². The zero-order valence-electron chi connectivity index (χ0n) is 26.7. The molecule has 0 saturated heterocycles. The Morgan fingerprint density at radius 2 is 0.780 bits per heavy atom. The Bertz CT molecular complexity index is 2850. The molecule has 0 unspecified atom stereocenters. The maximum Gasteiger partial charge on any atom is 0.165 e. The Balaban J connectivity index is 1.16.